The molecule has 1 amide bonds. The molecule has 2 heterocycles. The molecule has 0 saturated heterocycles. The van der Waals surface area contributed by atoms with E-state index in [2.05, 4.69) is 15.4 Å². The van der Waals surface area contributed by atoms with Gasteiger partial charge in [-0.25, -0.2) is 4.98 Å². The van der Waals surface area contributed by atoms with Crippen molar-refractivity contribution in [3.63, 3.8) is 0 Å². The highest BCUT2D eigenvalue weighted by Crippen LogP contribution is 2.12. The Morgan fingerprint density at radius 3 is 2.90 bits per heavy atom. The van der Waals surface area contributed by atoms with Crippen molar-refractivity contribution in [2.24, 2.45) is 0 Å². The first kappa shape index (κ1) is 12.6. The number of nitrogens with zero attached hydrogens (tertiary/aromatic N) is 3. The third kappa shape index (κ3) is 2.92. The molecule has 3 rings (SSSR count). The summed E-state index contributed by atoms with van der Waals surface area (Å²) in [6, 6.07) is 9.98. The largest absolute Gasteiger partial charge is 0.298 e. The predicted molar refractivity (Wildman–Crippen MR) is 77.8 cm³/mol. The van der Waals surface area contributed by atoms with E-state index in [0.717, 1.165) is 5.56 Å². The van der Waals surface area contributed by atoms with Crippen LogP contribution in [0.5, 0.6) is 0 Å². The van der Waals surface area contributed by atoms with Crippen LogP contribution in [0.25, 0.3) is 0 Å². The first-order valence-electron chi connectivity index (χ1n) is 6.08. The van der Waals surface area contributed by atoms with Crippen LogP contribution >= 0.6 is 11.3 Å². The zero-order valence-corrected chi connectivity index (χ0v) is 11.4. The van der Waals surface area contributed by atoms with Crippen molar-refractivity contribution >= 4 is 22.4 Å². The van der Waals surface area contributed by atoms with Gasteiger partial charge in [0, 0.05) is 17.8 Å². The fourth-order valence-corrected chi connectivity index (χ4v) is 2.32. The van der Waals surface area contributed by atoms with Crippen molar-refractivity contribution in [3.8, 4) is 0 Å². The average molecular weight is 284 g/mol. The number of hydrogen-bond acceptors (Lipinski definition) is 4. The monoisotopic (exact) mass is 284 g/mol. The van der Waals surface area contributed by atoms with Crippen LogP contribution in [0.15, 0.2) is 54.3 Å². The van der Waals surface area contributed by atoms with Gasteiger partial charge in [0.2, 0.25) is 0 Å². The molecule has 0 unspecified atom stereocenters. The number of carbonyl (C=O) groups is 1. The van der Waals surface area contributed by atoms with Gasteiger partial charge < -0.3 is 0 Å². The Balaban J connectivity index is 1.69. The van der Waals surface area contributed by atoms with E-state index >= 15 is 0 Å². The number of nitrogens with one attached hydrogen (secondary N) is 1. The molecule has 6 heteroatoms. The maximum absolute atomic E-state index is 12.0. The van der Waals surface area contributed by atoms with Crippen molar-refractivity contribution in [1.82, 2.24) is 14.8 Å². The number of aromatic nitrogens is 3. The lowest BCUT2D eigenvalue weighted by molar-refractivity contribution is 0.102. The standard InChI is InChI=1S/C14H12N4OS/c19-13(17-14-15-6-7-20-14)12-8-16-18(10-12)9-11-4-2-1-3-5-11/h1-8,10H,9H2,(H,15,17,19). The van der Waals surface area contributed by atoms with Crippen LogP contribution in [0.3, 0.4) is 0 Å². The van der Waals surface area contributed by atoms with E-state index in [4.69, 9.17) is 0 Å². The van der Waals surface area contributed by atoms with Crippen LogP contribution in [0, 0.1) is 0 Å². The Hall–Kier alpha value is -2.47. The Morgan fingerprint density at radius 1 is 1.30 bits per heavy atom. The number of amides is 1. The molecular formula is C14H12N4OS. The lowest BCUT2D eigenvalue weighted by Gasteiger charge is -2.01. The second kappa shape index (κ2) is 5.66. The van der Waals surface area contributed by atoms with Gasteiger partial charge in [0.15, 0.2) is 5.13 Å². The van der Waals surface area contributed by atoms with Gasteiger partial charge in [-0.15, -0.1) is 11.3 Å². The summed E-state index contributed by atoms with van der Waals surface area (Å²) in [7, 11) is 0. The Morgan fingerprint density at radius 2 is 2.15 bits per heavy atom. The van der Waals surface area contributed by atoms with E-state index in [0.29, 0.717) is 17.2 Å². The van der Waals surface area contributed by atoms with Gasteiger partial charge in [-0.2, -0.15) is 5.10 Å². The van der Waals surface area contributed by atoms with Crippen LogP contribution in [-0.2, 0) is 6.54 Å². The van der Waals surface area contributed by atoms with Gasteiger partial charge in [0.1, 0.15) is 0 Å². The average Bonchev–Trinajstić information content (AvgIpc) is 3.11. The van der Waals surface area contributed by atoms with E-state index in [1.54, 1.807) is 23.3 Å². The summed E-state index contributed by atoms with van der Waals surface area (Å²) in [6.45, 7) is 0.644. The molecule has 0 atom stereocenters. The van der Waals surface area contributed by atoms with Gasteiger partial charge in [0.25, 0.3) is 5.91 Å². The molecule has 20 heavy (non-hydrogen) atoms. The zero-order chi connectivity index (χ0) is 13.8. The molecule has 3 aromatic rings. The zero-order valence-electron chi connectivity index (χ0n) is 10.6. The van der Waals surface area contributed by atoms with Crippen LogP contribution in [0.4, 0.5) is 5.13 Å². The quantitative estimate of drug-likeness (QED) is 0.801. The molecule has 0 aliphatic carbocycles. The number of rotatable bonds is 4. The van der Waals surface area contributed by atoms with E-state index in [9.17, 15) is 4.79 Å². The highest BCUT2D eigenvalue weighted by atomic mass is 32.1. The van der Waals surface area contributed by atoms with Crippen molar-refractivity contribution in [3.05, 3.63) is 65.4 Å². The topological polar surface area (TPSA) is 59.8 Å². The maximum atomic E-state index is 12.0. The number of benzene rings is 1. The first-order valence-corrected chi connectivity index (χ1v) is 6.96. The summed E-state index contributed by atoms with van der Waals surface area (Å²) < 4.78 is 1.74. The van der Waals surface area contributed by atoms with Crippen molar-refractivity contribution < 1.29 is 4.79 Å². The summed E-state index contributed by atoms with van der Waals surface area (Å²) in [5, 5.41) is 9.33. The van der Waals surface area contributed by atoms with E-state index in [1.165, 1.54) is 11.3 Å². The maximum Gasteiger partial charge on any atom is 0.260 e. The van der Waals surface area contributed by atoms with Crippen LogP contribution in [-0.4, -0.2) is 20.7 Å². The molecule has 0 fully saturated rings. The summed E-state index contributed by atoms with van der Waals surface area (Å²) >= 11 is 1.39. The fraction of sp³-hybridized carbons (Fsp3) is 0.0714. The van der Waals surface area contributed by atoms with Gasteiger partial charge in [-0.1, -0.05) is 30.3 Å². The summed E-state index contributed by atoms with van der Waals surface area (Å²) in [5.74, 6) is -0.195. The molecule has 5 nitrogen and oxygen atoms in total. The van der Waals surface area contributed by atoms with Gasteiger partial charge in [0.05, 0.1) is 18.3 Å². The highest BCUT2D eigenvalue weighted by Gasteiger charge is 2.10. The van der Waals surface area contributed by atoms with Gasteiger partial charge in [-0.3, -0.25) is 14.8 Å². The van der Waals surface area contributed by atoms with Crippen molar-refractivity contribution in [2.45, 2.75) is 6.54 Å². The molecule has 2 aromatic heterocycles. The lowest BCUT2D eigenvalue weighted by Crippen LogP contribution is -2.10. The third-order valence-corrected chi connectivity index (χ3v) is 3.42. The van der Waals surface area contributed by atoms with Crippen molar-refractivity contribution in [2.75, 3.05) is 5.32 Å². The first-order chi connectivity index (χ1) is 9.81. The number of thiazole rings is 1. The lowest BCUT2D eigenvalue weighted by atomic mass is 10.2. The molecule has 0 aliphatic heterocycles. The summed E-state index contributed by atoms with van der Waals surface area (Å²) in [4.78, 5) is 16.0. The minimum absolute atomic E-state index is 0.195. The minimum atomic E-state index is -0.195. The highest BCUT2D eigenvalue weighted by molar-refractivity contribution is 7.13. The second-order valence-electron chi connectivity index (χ2n) is 4.20. The Bertz CT molecular complexity index is 691. The van der Waals surface area contributed by atoms with Crippen molar-refractivity contribution in [1.29, 1.82) is 0 Å². The second-order valence-corrected chi connectivity index (χ2v) is 5.10. The van der Waals surface area contributed by atoms with E-state index in [1.807, 2.05) is 35.7 Å². The molecule has 0 spiro atoms. The normalized spacial score (nSPS) is 10.4. The van der Waals surface area contributed by atoms with Crippen LogP contribution in [0.1, 0.15) is 15.9 Å². The van der Waals surface area contributed by atoms with E-state index in [-0.39, 0.29) is 5.91 Å². The molecule has 100 valence electrons. The van der Waals surface area contributed by atoms with Gasteiger partial charge in [-0.05, 0) is 5.56 Å². The molecular weight excluding hydrogens is 272 g/mol. The summed E-state index contributed by atoms with van der Waals surface area (Å²) in [6.07, 6.45) is 4.95. The minimum Gasteiger partial charge on any atom is -0.298 e. The molecule has 1 N–H and O–H groups in total. The molecule has 0 saturated carbocycles. The fourth-order valence-electron chi connectivity index (χ4n) is 1.79. The van der Waals surface area contributed by atoms with Gasteiger partial charge >= 0.3 is 0 Å². The smallest absolute Gasteiger partial charge is 0.260 e. The van der Waals surface area contributed by atoms with E-state index < -0.39 is 0 Å². The Labute approximate surface area is 119 Å². The molecule has 0 radical (unpaired) electrons. The molecule has 0 aliphatic rings. The van der Waals surface area contributed by atoms with Crippen LogP contribution in [0.2, 0.25) is 0 Å². The number of hydrogen-bond donors (Lipinski definition) is 1. The predicted octanol–water partition coefficient (Wildman–Crippen LogP) is 2.64. The third-order valence-electron chi connectivity index (χ3n) is 2.74. The Kier molecular flexibility index (Phi) is 3.56. The van der Waals surface area contributed by atoms with Crippen LogP contribution < -0.4 is 5.32 Å². The SMILES string of the molecule is O=C(Nc1nccs1)c1cnn(Cc2ccccc2)c1. The summed E-state index contributed by atoms with van der Waals surface area (Å²) in [5.41, 5.74) is 1.67. The number of anilines is 1. The molecule has 0 bridgehead atoms. The molecule has 1 aromatic carbocycles. The number of carbonyl (C=O) groups excluding carboxylic acids is 1.